The molecule has 0 radical (unpaired) electrons. The van der Waals surface area contributed by atoms with E-state index in [0.29, 0.717) is 13.2 Å². The van der Waals surface area contributed by atoms with Crippen LogP contribution in [0.4, 0.5) is 5.69 Å². The third-order valence-electron chi connectivity index (χ3n) is 4.25. The zero-order chi connectivity index (χ0) is 18.6. The fourth-order valence-electron chi connectivity index (χ4n) is 3.01. The molecule has 3 aromatic carbocycles. The van der Waals surface area contributed by atoms with Crippen LogP contribution in [-0.2, 0) is 13.6 Å². The molecule has 0 N–H and O–H groups in total. The minimum Gasteiger partial charge on any atom is -0.292 e. The van der Waals surface area contributed by atoms with Crippen molar-refractivity contribution in [3.8, 4) is 11.1 Å². The molecule has 0 aliphatic rings. The van der Waals surface area contributed by atoms with Crippen LogP contribution in [0.3, 0.4) is 0 Å². The molecule has 3 aromatic rings. The van der Waals surface area contributed by atoms with Gasteiger partial charge in [-0.05, 0) is 42.3 Å². The lowest BCUT2D eigenvalue weighted by atomic mass is 9.99. The summed E-state index contributed by atoms with van der Waals surface area (Å²) in [5.41, 5.74) is 2.87. The largest absolute Gasteiger partial charge is 0.435 e. The van der Waals surface area contributed by atoms with Crippen molar-refractivity contribution < 1.29 is 13.6 Å². The third kappa shape index (κ3) is 3.68. The van der Waals surface area contributed by atoms with Gasteiger partial charge in [-0.15, -0.1) is 0 Å². The van der Waals surface area contributed by atoms with Crippen LogP contribution >= 0.6 is 7.75 Å². The second kappa shape index (κ2) is 8.05. The number of anilines is 1. The molecular weight excluding hydrogens is 345 g/mol. The van der Waals surface area contributed by atoms with Gasteiger partial charge < -0.3 is 0 Å². The summed E-state index contributed by atoms with van der Waals surface area (Å²) in [5.74, 6) is 0. The number of hydrogen-bond donors (Lipinski definition) is 0. The maximum absolute atomic E-state index is 13.3. The summed E-state index contributed by atoms with van der Waals surface area (Å²) in [6.07, 6.45) is 0. The summed E-state index contributed by atoms with van der Waals surface area (Å²) in [4.78, 5) is 0. The normalized spacial score (nSPS) is 11.7. The van der Waals surface area contributed by atoms with Gasteiger partial charge in [0.1, 0.15) is 0 Å². The van der Waals surface area contributed by atoms with Gasteiger partial charge >= 0.3 is 7.75 Å². The molecule has 4 nitrogen and oxygen atoms in total. The Morgan fingerprint density at radius 2 is 1.38 bits per heavy atom. The van der Waals surface area contributed by atoms with Crippen molar-refractivity contribution in [1.82, 2.24) is 0 Å². The average molecular weight is 369 g/mol. The first kappa shape index (κ1) is 18.7. The van der Waals surface area contributed by atoms with Gasteiger partial charge in [-0.1, -0.05) is 54.6 Å². The minimum atomic E-state index is -3.42. The predicted octanol–water partition coefficient (Wildman–Crippen LogP) is 6.12. The molecule has 0 aliphatic carbocycles. The zero-order valence-electron chi connectivity index (χ0n) is 15.4. The molecule has 0 aliphatic heterocycles. The van der Waals surface area contributed by atoms with Crippen molar-refractivity contribution in [2.45, 2.75) is 13.8 Å². The maximum Gasteiger partial charge on any atom is 0.435 e. The van der Waals surface area contributed by atoms with E-state index in [4.69, 9.17) is 9.05 Å². The minimum absolute atomic E-state index is 0.315. The fourth-order valence-corrected chi connectivity index (χ4v) is 4.52. The average Bonchev–Trinajstić information content (AvgIpc) is 2.67. The van der Waals surface area contributed by atoms with Crippen LogP contribution < -0.4 is 4.67 Å². The lowest BCUT2D eigenvalue weighted by Crippen LogP contribution is -2.18. The standard InChI is InChI=1S/C21H24NO3P/c1-4-24-26(23,25-5-2)22(3)21-16-19-14-10-9-13-18(19)15-20(21)17-11-7-6-8-12-17/h6-16H,4-5H2,1-3H3. The molecule has 0 saturated heterocycles. The van der Waals surface area contributed by atoms with Gasteiger partial charge in [0.25, 0.3) is 0 Å². The van der Waals surface area contributed by atoms with Gasteiger partial charge in [-0.25, -0.2) is 4.57 Å². The zero-order valence-corrected chi connectivity index (χ0v) is 16.3. The highest BCUT2D eigenvalue weighted by molar-refractivity contribution is 7.55. The highest BCUT2D eigenvalue weighted by atomic mass is 31.2. The lowest BCUT2D eigenvalue weighted by molar-refractivity contribution is 0.219. The molecule has 0 unspecified atom stereocenters. The van der Waals surface area contributed by atoms with Gasteiger partial charge in [0.15, 0.2) is 0 Å². The quantitative estimate of drug-likeness (QED) is 0.470. The summed E-state index contributed by atoms with van der Waals surface area (Å²) in [6, 6.07) is 22.4. The molecule has 5 heteroatoms. The molecule has 0 amide bonds. The number of nitrogens with zero attached hydrogens (tertiary/aromatic N) is 1. The molecule has 0 bridgehead atoms. The molecule has 26 heavy (non-hydrogen) atoms. The van der Waals surface area contributed by atoms with Gasteiger partial charge in [-0.2, -0.15) is 0 Å². The molecule has 3 rings (SSSR count). The Kier molecular flexibility index (Phi) is 5.77. The third-order valence-corrected chi connectivity index (χ3v) is 6.37. The van der Waals surface area contributed by atoms with Crippen LogP contribution in [-0.4, -0.2) is 20.3 Å². The van der Waals surface area contributed by atoms with Crippen molar-refractivity contribution in [3.05, 3.63) is 66.7 Å². The molecule has 0 fully saturated rings. The van der Waals surface area contributed by atoms with Crippen LogP contribution in [0.1, 0.15) is 13.8 Å². The first-order chi connectivity index (χ1) is 12.6. The molecule has 0 atom stereocenters. The van der Waals surface area contributed by atoms with Gasteiger partial charge in [0.05, 0.1) is 18.9 Å². The van der Waals surface area contributed by atoms with Crippen molar-refractivity contribution >= 4 is 24.2 Å². The smallest absolute Gasteiger partial charge is 0.292 e. The number of fused-ring (bicyclic) bond motifs is 1. The van der Waals surface area contributed by atoms with E-state index in [2.05, 4.69) is 12.1 Å². The number of hydrogen-bond acceptors (Lipinski definition) is 3. The van der Waals surface area contributed by atoms with E-state index in [0.717, 1.165) is 27.6 Å². The Labute approximate surface area is 155 Å². The monoisotopic (exact) mass is 369 g/mol. The first-order valence-electron chi connectivity index (χ1n) is 8.80. The van der Waals surface area contributed by atoms with E-state index in [1.165, 1.54) is 0 Å². The Morgan fingerprint density at radius 1 is 0.846 bits per heavy atom. The van der Waals surface area contributed by atoms with E-state index in [1.54, 1.807) is 11.7 Å². The Morgan fingerprint density at radius 3 is 1.96 bits per heavy atom. The summed E-state index contributed by atoms with van der Waals surface area (Å²) >= 11 is 0. The number of benzene rings is 3. The van der Waals surface area contributed by atoms with Gasteiger partial charge in [-0.3, -0.25) is 13.7 Å². The SMILES string of the molecule is CCOP(=O)(OCC)N(C)c1cc2ccccc2cc1-c1ccccc1. The summed E-state index contributed by atoms with van der Waals surface area (Å²) in [5, 5.41) is 2.21. The topological polar surface area (TPSA) is 38.8 Å². The Bertz CT molecular complexity index is 917. The number of rotatable bonds is 7. The van der Waals surface area contributed by atoms with Crippen LogP contribution in [0.2, 0.25) is 0 Å². The van der Waals surface area contributed by atoms with E-state index in [-0.39, 0.29) is 0 Å². The second-order valence-corrected chi connectivity index (χ2v) is 7.96. The van der Waals surface area contributed by atoms with E-state index in [1.807, 2.05) is 68.4 Å². The molecule has 0 heterocycles. The summed E-state index contributed by atoms with van der Waals surface area (Å²) in [6.45, 7) is 4.27. The Hall–Kier alpha value is -2.13. The fraction of sp³-hybridized carbons (Fsp3) is 0.238. The van der Waals surface area contributed by atoms with Crippen LogP contribution in [0.25, 0.3) is 21.9 Å². The van der Waals surface area contributed by atoms with Crippen LogP contribution in [0.15, 0.2) is 66.7 Å². The summed E-state index contributed by atoms with van der Waals surface area (Å²) < 4.78 is 26.1. The highest BCUT2D eigenvalue weighted by Gasteiger charge is 2.32. The molecular formula is C21H24NO3P. The molecule has 0 spiro atoms. The van der Waals surface area contributed by atoms with Crippen molar-refractivity contribution in [1.29, 1.82) is 0 Å². The highest BCUT2D eigenvalue weighted by Crippen LogP contribution is 2.55. The van der Waals surface area contributed by atoms with Crippen LogP contribution in [0, 0.1) is 0 Å². The molecule has 136 valence electrons. The van der Waals surface area contributed by atoms with Crippen molar-refractivity contribution in [3.63, 3.8) is 0 Å². The van der Waals surface area contributed by atoms with Crippen molar-refractivity contribution in [2.24, 2.45) is 0 Å². The van der Waals surface area contributed by atoms with Gasteiger partial charge in [0, 0.05) is 12.6 Å². The van der Waals surface area contributed by atoms with E-state index in [9.17, 15) is 4.57 Å². The first-order valence-corrected chi connectivity index (χ1v) is 10.3. The summed E-state index contributed by atoms with van der Waals surface area (Å²) in [7, 11) is -1.66. The van der Waals surface area contributed by atoms with Crippen molar-refractivity contribution in [2.75, 3.05) is 24.9 Å². The Balaban J connectivity index is 2.21. The molecule has 0 saturated carbocycles. The predicted molar refractivity (Wildman–Crippen MR) is 109 cm³/mol. The molecule has 0 aromatic heterocycles. The van der Waals surface area contributed by atoms with Gasteiger partial charge in [0.2, 0.25) is 0 Å². The maximum atomic E-state index is 13.3. The van der Waals surface area contributed by atoms with E-state index >= 15 is 0 Å². The lowest BCUT2D eigenvalue weighted by Gasteiger charge is -2.30. The van der Waals surface area contributed by atoms with Crippen LogP contribution in [0.5, 0.6) is 0 Å². The second-order valence-electron chi connectivity index (χ2n) is 5.91. The van der Waals surface area contributed by atoms with E-state index < -0.39 is 7.75 Å².